The lowest BCUT2D eigenvalue weighted by molar-refractivity contribution is 0.190. The number of amides is 1. The van der Waals surface area contributed by atoms with Gasteiger partial charge in [-0.25, -0.2) is 4.79 Å². The number of carbonyl (C=O) groups is 1. The third-order valence-electron chi connectivity index (χ3n) is 2.65. The standard InChI is InChI=1S/C12H16N2O2/c1-8-3-4-9(2)11(5-8)16-12(15)14-10-6-13-7-10/h3-5,10,13H,6-7H2,1-2H3,(H,14,15). The molecule has 1 heterocycles. The maximum atomic E-state index is 11.5. The van der Waals surface area contributed by atoms with Gasteiger partial charge in [-0.2, -0.15) is 0 Å². The molecule has 1 aliphatic rings. The van der Waals surface area contributed by atoms with Gasteiger partial charge in [0, 0.05) is 13.1 Å². The van der Waals surface area contributed by atoms with E-state index in [1.807, 2.05) is 32.0 Å². The Kier molecular flexibility index (Phi) is 3.10. The van der Waals surface area contributed by atoms with E-state index in [-0.39, 0.29) is 12.1 Å². The highest BCUT2D eigenvalue weighted by molar-refractivity contribution is 5.71. The van der Waals surface area contributed by atoms with Crippen molar-refractivity contribution in [1.29, 1.82) is 0 Å². The van der Waals surface area contributed by atoms with Gasteiger partial charge in [0.1, 0.15) is 5.75 Å². The maximum Gasteiger partial charge on any atom is 0.412 e. The van der Waals surface area contributed by atoms with E-state index in [1.165, 1.54) is 0 Å². The molecule has 0 radical (unpaired) electrons. The number of carbonyl (C=O) groups excluding carboxylic acids is 1. The fourth-order valence-electron chi connectivity index (χ4n) is 1.50. The number of rotatable bonds is 2. The average molecular weight is 220 g/mol. The highest BCUT2D eigenvalue weighted by Crippen LogP contribution is 2.19. The van der Waals surface area contributed by atoms with Crippen LogP contribution in [0, 0.1) is 13.8 Å². The van der Waals surface area contributed by atoms with Crippen LogP contribution in [0.1, 0.15) is 11.1 Å². The second kappa shape index (κ2) is 4.53. The van der Waals surface area contributed by atoms with Crippen LogP contribution < -0.4 is 15.4 Å². The second-order valence-corrected chi connectivity index (χ2v) is 4.16. The molecule has 0 bridgehead atoms. The molecule has 1 aliphatic heterocycles. The van der Waals surface area contributed by atoms with Gasteiger partial charge in [-0.1, -0.05) is 12.1 Å². The van der Waals surface area contributed by atoms with E-state index in [9.17, 15) is 4.79 Å². The van der Waals surface area contributed by atoms with Gasteiger partial charge in [-0.05, 0) is 31.0 Å². The molecule has 2 N–H and O–H groups in total. The predicted octanol–water partition coefficient (Wildman–Crippen LogP) is 1.36. The Labute approximate surface area is 95.0 Å². The monoisotopic (exact) mass is 220 g/mol. The minimum Gasteiger partial charge on any atom is -0.410 e. The molecule has 0 unspecified atom stereocenters. The highest BCUT2D eigenvalue weighted by atomic mass is 16.6. The van der Waals surface area contributed by atoms with Crippen molar-refractivity contribution in [3.8, 4) is 5.75 Å². The van der Waals surface area contributed by atoms with Gasteiger partial charge in [0.2, 0.25) is 0 Å². The van der Waals surface area contributed by atoms with Crippen molar-refractivity contribution >= 4 is 6.09 Å². The number of hydrogen-bond acceptors (Lipinski definition) is 3. The summed E-state index contributed by atoms with van der Waals surface area (Å²) in [7, 11) is 0. The van der Waals surface area contributed by atoms with E-state index in [1.54, 1.807) is 0 Å². The maximum absolute atomic E-state index is 11.5. The molecule has 1 aromatic rings. The average Bonchev–Trinajstić information content (AvgIpc) is 2.18. The minimum atomic E-state index is -0.375. The molecule has 86 valence electrons. The molecular formula is C12H16N2O2. The van der Waals surface area contributed by atoms with Crippen molar-refractivity contribution in [2.75, 3.05) is 13.1 Å². The summed E-state index contributed by atoms with van der Waals surface area (Å²) >= 11 is 0. The summed E-state index contributed by atoms with van der Waals surface area (Å²) in [4.78, 5) is 11.5. The molecule has 16 heavy (non-hydrogen) atoms. The SMILES string of the molecule is Cc1ccc(C)c(OC(=O)NC2CNC2)c1. The second-order valence-electron chi connectivity index (χ2n) is 4.16. The predicted molar refractivity (Wildman–Crippen MR) is 61.7 cm³/mol. The smallest absolute Gasteiger partial charge is 0.410 e. The zero-order valence-corrected chi connectivity index (χ0v) is 9.54. The normalized spacial score (nSPS) is 15.4. The van der Waals surface area contributed by atoms with Crippen molar-refractivity contribution < 1.29 is 9.53 Å². The van der Waals surface area contributed by atoms with E-state index < -0.39 is 0 Å². The van der Waals surface area contributed by atoms with Gasteiger partial charge in [-0.3, -0.25) is 0 Å². The first kappa shape index (κ1) is 11.0. The quantitative estimate of drug-likeness (QED) is 0.791. The third-order valence-corrected chi connectivity index (χ3v) is 2.65. The van der Waals surface area contributed by atoms with Crippen LogP contribution in [0.25, 0.3) is 0 Å². The van der Waals surface area contributed by atoms with Crippen LogP contribution in [0.15, 0.2) is 18.2 Å². The molecule has 1 saturated heterocycles. The Morgan fingerprint density at radius 3 is 2.81 bits per heavy atom. The van der Waals surface area contributed by atoms with Crippen molar-refractivity contribution in [1.82, 2.24) is 10.6 Å². The summed E-state index contributed by atoms with van der Waals surface area (Å²) in [5.74, 6) is 0.629. The van der Waals surface area contributed by atoms with Crippen LogP contribution in [0.5, 0.6) is 5.75 Å². The Hall–Kier alpha value is -1.55. The molecule has 1 fully saturated rings. The molecule has 0 aliphatic carbocycles. The van der Waals surface area contributed by atoms with E-state index in [0.29, 0.717) is 5.75 Å². The van der Waals surface area contributed by atoms with E-state index in [4.69, 9.17) is 4.74 Å². The molecule has 0 atom stereocenters. The number of benzene rings is 1. The largest absolute Gasteiger partial charge is 0.412 e. The molecule has 4 heteroatoms. The van der Waals surface area contributed by atoms with Crippen LogP contribution >= 0.6 is 0 Å². The fraction of sp³-hybridized carbons (Fsp3) is 0.417. The van der Waals surface area contributed by atoms with E-state index in [2.05, 4.69) is 10.6 Å². The summed E-state index contributed by atoms with van der Waals surface area (Å²) in [5.41, 5.74) is 2.05. The zero-order chi connectivity index (χ0) is 11.5. The lowest BCUT2D eigenvalue weighted by atomic mass is 10.1. The summed E-state index contributed by atoms with van der Waals surface area (Å²) < 4.78 is 5.25. The Morgan fingerprint density at radius 1 is 1.44 bits per heavy atom. The first-order chi connectivity index (χ1) is 7.65. The van der Waals surface area contributed by atoms with Crippen LogP contribution in [0.4, 0.5) is 4.79 Å². The lowest BCUT2D eigenvalue weighted by Crippen LogP contribution is -2.57. The lowest BCUT2D eigenvalue weighted by Gasteiger charge is -2.27. The summed E-state index contributed by atoms with van der Waals surface area (Å²) in [6.45, 7) is 5.54. The third kappa shape index (κ3) is 2.52. The van der Waals surface area contributed by atoms with E-state index in [0.717, 1.165) is 24.2 Å². The Morgan fingerprint density at radius 2 is 2.19 bits per heavy atom. The fourth-order valence-corrected chi connectivity index (χ4v) is 1.50. The van der Waals surface area contributed by atoms with E-state index >= 15 is 0 Å². The van der Waals surface area contributed by atoms with Gasteiger partial charge >= 0.3 is 6.09 Å². The number of hydrogen-bond donors (Lipinski definition) is 2. The van der Waals surface area contributed by atoms with Crippen molar-refractivity contribution in [2.24, 2.45) is 0 Å². The molecular weight excluding hydrogens is 204 g/mol. The molecule has 0 spiro atoms. The van der Waals surface area contributed by atoms with Gasteiger partial charge in [0.25, 0.3) is 0 Å². The van der Waals surface area contributed by atoms with Crippen LogP contribution in [-0.2, 0) is 0 Å². The molecule has 0 saturated carbocycles. The first-order valence-corrected chi connectivity index (χ1v) is 5.41. The Balaban J connectivity index is 1.96. The van der Waals surface area contributed by atoms with Crippen LogP contribution in [0.3, 0.4) is 0 Å². The number of nitrogens with one attached hydrogen (secondary N) is 2. The van der Waals surface area contributed by atoms with Gasteiger partial charge in [0.15, 0.2) is 0 Å². The van der Waals surface area contributed by atoms with Crippen LogP contribution in [0.2, 0.25) is 0 Å². The highest BCUT2D eigenvalue weighted by Gasteiger charge is 2.19. The summed E-state index contributed by atoms with van der Waals surface area (Å²) in [6.07, 6.45) is -0.375. The minimum absolute atomic E-state index is 0.206. The van der Waals surface area contributed by atoms with Gasteiger partial charge in [0.05, 0.1) is 6.04 Å². The van der Waals surface area contributed by atoms with Gasteiger partial charge in [-0.15, -0.1) is 0 Å². The summed E-state index contributed by atoms with van der Waals surface area (Å²) in [5, 5.41) is 5.87. The molecule has 1 aromatic carbocycles. The van der Waals surface area contributed by atoms with Crippen molar-refractivity contribution in [3.63, 3.8) is 0 Å². The first-order valence-electron chi connectivity index (χ1n) is 5.41. The molecule has 0 aromatic heterocycles. The Bertz CT molecular complexity index is 400. The van der Waals surface area contributed by atoms with Gasteiger partial charge < -0.3 is 15.4 Å². The molecule has 1 amide bonds. The summed E-state index contributed by atoms with van der Waals surface area (Å²) in [6, 6.07) is 6.02. The van der Waals surface area contributed by atoms with Crippen molar-refractivity contribution in [2.45, 2.75) is 19.9 Å². The zero-order valence-electron chi connectivity index (χ0n) is 9.54. The van der Waals surface area contributed by atoms with Crippen LogP contribution in [-0.4, -0.2) is 25.2 Å². The molecule has 4 nitrogen and oxygen atoms in total. The number of aryl methyl sites for hydroxylation is 2. The topological polar surface area (TPSA) is 50.4 Å². The number of ether oxygens (including phenoxy) is 1. The van der Waals surface area contributed by atoms with Crippen molar-refractivity contribution in [3.05, 3.63) is 29.3 Å². The molecule has 2 rings (SSSR count).